The summed E-state index contributed by atoms with van der Waals surface area (Å²) in [4.78, 5) is 11.5. The summed E-state index contributed by atoms with van der Waals surface area (Å²) in [6.45, 7) is 6.85. The van der Waals surface area contributed by atoms with E-state index in [1.54, 1.807) is 0 Å². The average Bonchev–Trinajstić information content (AvgIpc) is 2.77. The first-order valence-corrected chi connectivity index (χ1v) is 7.73. The highest BCUT2D eigenvalue weighted by atomic mass is 79.9. The second kappa shape index (κ2) is 6.47. The van der Waals surface area contributed by atoms with Gasteiger partial charge in [-0.25, -0.2) is 4.79 Å². The number of nitrogens with one attached hydrogen (secondary N) is 1. The number of halogens is 1. The molecule has 0 aliphatic carbocycles. The Morgan fingerprint density at radius 3 is 2.90 bits per heavy atom. The Morgan fingerprint density at radius 1 is 1.43 bits per heavy atom. The quantitative estimate of drug-likeness (QED) is 0.852. The fourth-order valence-electron chi connectivity index (χ4n) is 1.98. The minimum atomic E-state index is -0.464. The summed E-state index contributed by atoms with van der Waals surface area (Å²) < 4.78 is 8.16. The van der Waals surface area contributed by atoms with E-state index in [1.165, 1.54) is 0 Å². The van der Waals surface area contributed by atoms with Crippen molar-refractivity contribution >= 4 is 32.9 Å². The third-order valence-electron chi connectivity index (χ3n) is 2.85. The average molecular weight is 354 g/mol. The molecular formula is C15H20BrN3O2. The molecule has 0 saturated heterocycles. The number of rotatable bonds is 4. The maximum absolute atomic E-state index is 11.5. The number of carbonyl (C=O) groups excluding carboxylic acids is 1. The first kappa shape index (κ1) is 15.8. The van der Waals surface area contributed by atoms with Gasteiger partial charge in [0.25, 0.3) is 0 Å². The molecule has 1 amide bonds. The van der Waals surface area contributed by atoms with E-state index in [1.807, 2.05) is 49.8 Å². The van der Waals surface area contributed by atoms with E-state index in [9.17, 15) is 4.79 Å². The Balaban J connectivity index is 1.83. The molecule has 0 bridgehead atoms. The Kier molecular flexibility index (Phi) is 4.88. The molecule has 0 unspecified atom stereocenters. The summed E-state index contributed by atoms with van der Waals surface area (Å²) in [6.07, 6.45) is 2.26. The Bertz CT molecular complexity index is 631. The van der Waals surface area contributed by atoms with Crippen LogP contribution in [-0.4, -0.2) is 28.0 Å². The van der Waals surface area contributed by atoms with Gasteiger partial charge in [-0.3, -0.25) is 4.68 Å². The molecule has 0 radical (unpaired) electrons. The van der Waals surface area contributed by atoms with Gasteiger partial charge in [0.2, 0.25) is 0 Å². The fraction of sp³-hybridized carbons (Fsp3) is 0.467. The van der Waals surface area contributed by atoms with Crippen LogP contribution in [0.2, 0.25) is 0 Å². The monoisotopic (exact) mass is 353 g/mol. The molecule has 0 saturated carbocycles. The highest BCUT2D eigenvalue weighted by molar-refractivity contribution is 9.10. The van der Waals surface area contributed by atoms with Crippen molar-refractivity contribution in [2.45, 2.75) is 39.3 Å². The van der Waals surface area contributed by atoms with Gasteiger partial charge in [0, 0.05) is 22.9 Å². The van der Waals surface area contributed by atoms with Gasteiger partial charge < -0.3 is 10.1 Å². The summed E-state index contributed by atoms with van der Waals surface area (Å²) in [6, 6.07) is 6.02. The second-order valence-electron chi connectivity index (χ2n) is 5.82. The van der Waals surface area contributed by atoms with E-state index in [0.717, 1.165) is 28.3 Å². The molecule has 0 fully saturated rings. The largest absolute Gasteiger partial charge is 0.444 e. The number of hydrogen-bond donors (Lipinski definition) is 1. The Hall–Kier alpha value is -1.56. The molecule has 114 valence electrons. The number of carbonyl (C=O) groups is 1. The smallest absolute Gasteiger partial charge is 0.407 e. The van der Waals surface area contributed by atoms with Crippen molar-refractivity contribution in [3.8, 4) is 0 Å². The van der Waals surface area contributed by atoms with Crippen LogP contribution >= 0.6 is 15.9 Å². The van der Waals surface area contributed by atoms with Crippen LogP contribution in [0, 0.1) is 0 Å². The molecule has 0 aliphatic rings. The molecule has 0 atom stereocenters. The van der Waals surface area contributed by atoms with Crippen LogP contribution in [-0.2, 0) is 11.3 Å². The van der Waals surface area contributed by atoms with Gasteiger partial charge >= 0.3 is 6.09 Å². The maximum atomic E-state index is 11.5. The van der Waals surface area contributed by atoms with Crippen LogP contribution in [0.4, 0.5) is 4.79 Å². The summed E-state index contributed by atoms with van der Waals surface area (Å²) in [7, 11) is 0. The fourth-order valence-corrected chi connectivity index (χ4v) is 2.44. The van der Waals surface area contributed by atoms with Crippen LogP contribution in [0.25, 0.3) is 10.9 Å². The number of alkyl carbamates (subject to hydrolysis) is 1. The first-order valence-electron chi connectivity index (χ1n) is 6.94. The van der Waals surface area contributed by atoms with Crippen molar-refractivity contribution in [1.82, 2.24) is 15.1 Å². The highest BCUT2D eigenvalue weighted by Gasteiger charge is 2.15. The van der Waals surface area contributed by atoms with Crippen LogP contribution < -0.4 is 5.32 Å². The first-order chi connectivity index (χ1) is 9.87. The molecule has 0 aliphatic heterocycles. The zero-order valence-corrected chi connectivity index (χ0v) is 14.1. The van der Waals surface area contributed by atoms with Crippen LogP contribution in [0.5, 0.6) is 0 Å². The molecular weight excluding hydrogens is 334 g/mol. The molecule has 1 aromatic carbocycles. The lowest BCUT2D eigenvalue weighted by Crippen LogP contribution is -2.33. The van der Waals surface area contributed by atoms with Crippen molar-refractivity contribution in [2.24, 2.45) is 0 Å². The normalized spacial score (nSPS) is 11.6. The van der Waals surface area contributed by atoms with Gasteiger partial charge in [0.05, 0.1) is 11.7 Å². The third-order valence-corrected chi connectivity index (χ3v) is 3.54. The van der Waals surface area contributed by atoms with E-state index < -0.39 is 5.60 Å². The van der Waals surface area contributed by atoms with Gasteiger partial charge in [-0.1, -0.05) is 22.0 Å². The van der Waals surface area contributed by atoms with Gasteiger partial charge in [-0.15, -0.1) is 0 Å². The minimum absolute atomic E-state index is 0.379. The van der Waals surface area contributed by atoms with Gasteiger partial charge in [-0.2, -0.15) is 5.10 Å². The number of fused-ring (bicyclic) bond motifs is 1. The minimum Gasteiger partial charge on any atom is -0.444 e. The molecule has 2 rings (SSSR count). The van der Waals surface area contributed by atoms with Crippen molar-refractivity contribution in [1.29, 1.82) is 0 Å². The Labute approximate surface area is 132 Å². The predicted octanol–water partition coefficient (Wildman–Crippen LogP) is 3.71. The van der Waals surface area contributed by atoms with E-state index in [4.69, 9.17) is 4.74 Å². The molecule has 6 heteroatoms. The molecule has 1 N–H and O–H groups in total. The third kappa shape index (κ3) is 4.46. The lowest BCUT2D eigenvalue weighted by Gasteiger charge is -2.19. The molecule has 5 nitrogen and oxygen atoms in total. The lowest BCUT2D eigenvalue weighted by atomic mass is 10.2. The van der Waals surface area contributed by atoms with Crippen molar-refractivity contribution < 1.29 is 9.53 Å². The van der Waals surface area contributed by atoms with Gasteiger partial charge in [0.1, 0.15) is 5.60 Å². The number of aryl methyl sites for hydroxylation is 1. The molecule has 2 aromatic rings. The van der Waals surface area contributed by atoms with Crippen LogP contribution in [0.15, 0.2) is 28.9 Å². The molecule has 0 spiro atoms. The number of amides is 1. The summed E-state index contributed by atoms with van der Waals surface area (Å²) in [5.41, 5.74) is 0.621. The Morgan fingerprint density at radius 2 is 2.19 bits per heavy atom. The number of hydrogen-bond acceptors (Lipinski definition) is 3. The standard InChI is InChI=1S/C15H20BrN3O2/c1-15(2,3)21-14(20)17-8-5-9-19-13-7-4-6-12(16)11(13)10-18-19/h4,6-7,10H,5,8-9H2,1-3H3,(H,17,20). The second-order valence-corrected chi connectivity index (χ2v) is 6.68. The highest BCUT2D eigenvalue weighted by Crippen LogP contribution is 2.23. The van der Waals surface area contributed by atoms with Crippen molar-refractivity contribution in [3.05, 3.63) is 28.9 Å². The summed E-state index contributed by atoms with van der Waals surface area (Å²) in [5, 5.41) is 8.22. The number of nitrogens with zero attached hydrogens (tertiary/aromatic N) is 2. The lowest BCUT2D eigenvalue weighted by molar-refractivity contribution is 0.0526. The van der Waals surface area contributed by atoms with Gasteiger partial charge in [0.15, 0.2) is 0 Å². The molecule has 21 heavy (non-hydrogen) atoms. The van der Waals surface area contributed by atoms with Crippen LogP contribution in [0.1, 0.15) is 27.2 Å². The zero-order chi connectivity index (χ0) is 15.5. The van der Waals surface area contributed by atoms with E-state index in [2.05, 4.69) is 26.3 Å². The summed E-state index contributed by atoms with van der Waals surface area (Å²) in [5.74, 6) is 0. The summed E-state index contributed by atoms with van der Waals surface area (Å²) >= 11 is 3.51. The van der Waals surface area contributed by atoms with E-state index >= 15 is 0 Å². The van der Waals surface area contributed by atoms with E-state index in [0.29, 0.717) is 6.54 Å². The van der Waals surface area contributed by atoms with Gasteiger partial charge in [-0.05, 0) is 39.3 Å². The van der Waals surface area contributed by atoms with Crippen molar-refractivity contribution in [3.63, 3.8) is 0 Å². The predicted molar refractivity (Wildman–Crippen MR) is 86.3 cm³/mol. The number of aromatic nitrogens is 2. The maximum Gasteiger partial charge on any atom is 0.407 e. The molecule has 1 heterocycles. The van der Waals surface area contributed by atoms with E-state index in [-0.39, 0.29) is 6.09 Å². The van der Waals surface area contributed by atoms with Crippen LogP contribution in [0.3, 0.4) is 0 Å². The van der Waals surface area contributed by atoms with Crippen molar-refractivity contribution in [2.75, 3.05) is 6.54 Å². The zero-order valence-electron chi connectivity index (χ0n) is 12.5. The number of benzene rings is 1. The number of ether oxygens (including phenoxy) is 1. The molecule has 1 aromatic heterocycles. The topological polar surface area (TPSA) is 56.1 Å². The SMILES string of the molecule is CC(C)(C)OC(=O)NCCCn1ncc2c(Br)cccc21.